The summed E-state index contributed by atoms with van der Waals surface area (Å²) in [6.07, 6.45) is 6.08. The monoisotopic (exact) mass is 866 g/mol. The first-order valence-electron chi connectivity index (χ1n) is 22.5. The summed E-state index contributed by atoms with van der Waals surface area (Å²) in [5.41, 5.74) is 8.02. The number of benzene rings is 1. The number of anilines is 1. The number of cyclic esters (lactones) is 1. The predicted molar refractivity (Wildman–Crippen MR) is 239 cm³/mol. The highest BCUT2D eigenvalue weighted by atomic mass is 32.1. The number of nitrogens with zero attached hydrogens (tertiary/aromatic N) is 6. The van der Waals surface area contributed by atoms with Crippen molar-refractivity contribution < 1.29 is 29.0 Å². The van der Waals surface area contributed by atoms with Gasteiger partial charge in [-0.15, -0.1) is 11.3 Å². The first-order chi connectivity index (χ1) is 29.6. The number of piperidine rings is 1. The Hall–Kier alpha value is -4.41. The fourth-order valence-electron chi connectivity index (χ4n) is 10.3. The third-order valence-corrected chi connectivity index (χ3v) is 15.0. The van der Waals surface area contributed by atoms with Crippen LogP contribution in [0.4, 0.5) is 5.69 Å². The molecule has 4 aromatic rings. The van der Waals surface area contributed by atoms with Gasteiger partial charge >= 0.3 is 5.97 Å². The minimum Gasteiger partial charge on any atom is -0.462 e. The van der Waals surface area contributed by atoms with Crippen molar-refractivity contribution in [3.63, 3.8) is 0 Å². The number of hydrogen-bond acceptors (Lipinski definition) is 12. The molecule has 5 fully saturated rings. The summed E-state index contributed by atoms with van der Waals surface area (Å²) in [5.74, 6) is -0.750. The number of aliphatic hydroxyl groups is 1. The van der Waals surface area contributed by atoms with Crippen LogP contribution >= 0.6 is 11.3 Å². The van der Waals surface area contributed by atoms with Crippen LogP contribution in [0.5, 0.6) is 0 Å². The average Bonchev–Trinajstić information content (AvgIpc) is 3.83. The smallest absolute Gasteiger partial charge is 0.355 e. The number of fused-ring (bicyclic) bond motifs is 10. The lowest BCUT2D eigenvalue weighted by molar-refractivity contribution is -0.189. The maximum absolute atomic E-state index is 14.2. The van der Waals surface area contributed by atoms with Crippen molar-refractivity contribution in [2.75, 3.05) is 51.8 Å². The van der Waals surface area contributed by atoms with Gasteiger partial charge in [-0.05, 0) is 88.6 Å². The number of aromatic nitrogens is 3. The van der Waals surface area contributed by atoms with Gasteiger partial charge in [0.1, 0.15) is 6.04 Å². The van der Waals surface area contributed by atoms with E-state index in [0.717, 1.165) is 76.4 Å². The van der Waals surface area contributed by atoms with E-state index < -0.39 is 29.1 Å². The minimum absolute atomic E-state index is 0.0130. The molecule has 2 amide bonds. The van der Waals surface area contributed by atoms with Gasteiger partial charge in [-0.2, -0.15) is 5.43 Å². The van der Waals surface area contributed by atoms with Crippen LogP contribution in [-0.4, -0.2) is 112 Å². The Morgan fingerprint density at radius 2 is 1.98 bits per heavy atom. The van der Waals surface area contributed by atoms with Gasteiger partial charge in [0.25, 0.3) is 5.91 Å². The second-order valence-corrected chi connectivity index (χ2v) is 20.4. The molecule has 0 spiro atoms. The molecule has 15 heteroatoms. The molecule has 2 unspecified atom stereocenters. The van der Waals surface area contributed by atoms with Gasteiger partial charge in [-0.1, -0.05) is 26.8 Å². The van der Waals surface area contributed by atoms with E-state index in [4.69, 9.17) is 19.4 Å². The van der Waals surface area contributed by atoms with E-state index in [1.54, 1.807) is 7.11 Å². The quantitative estimate of drug-likeness (QED) is 0.196. The molecule has 1 aliphatic carbocycles. The van der Waals surface area contributed by atoms with Crippen LogP contribution in [-0.2, 0) is 43.2 Å². The topological polar surface area (TPSA) is 154 Å². The zero-order valence-electron chi connectivity index (χ0n) is 37.2. The number of hydrazine groups is 1. The van der Waals surface area contributed by atoms with Crippen molar-refractivity contribution in [2.24, 2.45) is 23.2 Å². The van der Waals surface area contributed by atoms with Crippen molar-refractivity contribution in [3.8, 4) is 22.5 Å². The van der Waals surface area contributed by atoms with Crippen LogP contribution in [0.15, 0.2) is 35.8 Å². The van der Waals surface area contributed by atoms with Crippen molar-refractivity contribution >= 4 is 45.7 Å². The Morgan fingerprint density at radius 3 is 2.73 bits per heavy atom. The number of ether oxygens (including phenoxy) is 2. The van der Waals surface area contributed by atoms with E-state index in [1.807, 2.05) is 25.4 Å². The Balaban J connectivity index is 1.18. The third-order valence-electron chi connectivity index (χ3n) is 14.1. The van der Waals surface area contributed by atoms with Crippen molar-refractivity contribution in [1.82, 2.24) is 35.2 Å². The van der Waals surface area contributed by atoms with E-state index in [-0.39, 0.29) is 49.8 Å². The van der Waals surface area contributed by atoms with Gasteiger partial charge in [0, 0.05) is 97.5 Å². The van der Waals surface area contributed by atoms with Gasteiger partial charge in [0.05, 0.1) is 46.7 Å². The minimum atomic E-state index is -2.12. The summed E-state index contributed by atoms with van der Waals surface area (Å²) < 4.78 is 14.4. The first-order valence-corrected chi connectivity index (χ1v) is 23.4. The molecule has 4 saturated heterocycles. The summed E-state index contributed by atoms with van der Waals surface area (Å²) in [5, 5.41) is 19.8. The van der Waals surface area contributed by atoms with Gasteiger partial charge in [0.15, 0.2) is 0 Å². The van der Waals surface area contributed by atoms with Gasteiger partial charge in [-0.25, -0.2) is 9.78 Å². The number of likely N-dealkylation sites (N-methyl/N-ethyl adjacent to an activating group) is 1. The summed E-state index contributed by atoms with van der Waals surface area (Å²) in [6.45, 7) is 14.4. The number of thiazole rings is 1. The molecule has 62 heavy (non-hydrogen) atoms. The van der Waals surface area contributed by atoms with E-state index in [1.165, 1.54) is 29.2 Å². The van der Waals surface area contributed by atoms with E-state index in [9.17, 15) is 19.5 Å². The summed E-state index contributed by atoms with van der Waals surface area (Å²) in [4.78, 5) is 56.7. The number of rotatable bonds is 7. The molecule has 1 aromatic carbocycles. The Kier molecular flexibility index (Phi) is 11.5. The van der Waals surface area contributed by atoms with Gasteiger partial charge in [0.2, 0.25) is 11.6 Å². The fraction of sp³-hybridized carbons (Fsp3) is 0.596. The second-order valence-electron chi connectivity index (χ2n) is 19.4. The lowest BCUT2D eigenvalue weighted by Gasteiger charge is -2.40. The molecular weight excluding hydrogens is 805 g/mol. The number of methoxy groups -OCH3 is 1. The second kappa shape index (κ2) is 16.6. The number of amides is 2. The highest BCUT2D eigenvalue weighted by Crippen LogP contribution is 2.44. The molecule has 1 saturated carbocycles. The van der Waals surface area contributed by atoms with Crippen LogP contribution in [0, 0.1) is 23.2 Å². The molecule has 10 rings (SSSR count). The SMILES string of the molecule is CCn1c(-c2cc(N3CC4CCC(C3)N(C)C4)cnc2[C@H](C)OC)c2c3cc(ccc31)-c1csc(n1)C[C@H](NC(=O)[C@H]1C[C@@H]1C)C(=O)N1CCC[C@@](O)(N1)C(=O)OCC(C)(C)C2. The van der Waals surface area contributed by atoms with Crippen molar-refractivity contribution in [1.29, 1.82) is 0 Å². The number of carbonyl (C=O) groups excluding carboxylic acids is 3. The zero-order valence-corrected chi connectivity index (χ0v) is 38.0. The summed E-state index contributed by atoms with van der Waals surface area (Å²) in [6, 6.07) is 8.36. The molecule has 3 N–H and O–H groups in total. The number of hydrogen-bond donors (Lipinski definition) is 3. The summed E-state index contributed by atoms with van der Waals surface area (Å²) in [7, 11) is 3.98. The normalized spacial score (nSPS) is 28.4. The van der Waals surface area contributed by atoms with E-state index in [0.29, 0.717) is 36.4 Å². The highest BCUT2D eigenvalue weighted by Gasteiger charge is 2.46. The van der Waals surface area contributed by atoms with Crippen molar-refractivity contribution in [2.45, 2.75) is 110 Å². The van der Waals surface area contributed by atoms with Crippen LogP contribution in [0.1, 0.15) is 89.1 Å². The molecule has 5 aliphatic heterocycles. The maximum Gasteiger partial charge on any atom is 0.355 e. The molecular formula is C47H62N8O6S. The number of esters is 1. The number of nitrogens with one attached hydrogen (secondary N) is 2. The average molecular weight is 867 g/mol. The number of pyridine rings is 1. The molecule has 7 atom stereocenters. The van der Waals surface area contributed by atoms with Crippen molar-refractivity contribution in [3.05, 3.63) is 52.1 Å². The lowest BCUT2D eigenvalue weighted by atomic mass is 9.84. The van der Waals surface area contributed by atoms with E-state index in [2.05, 4.69) is 77.2 Å². The van der Waals surface area contributed by atoms with Crippen LogP contribution in [0.3, 0.4) is 0 Å². The maximum atomic E-state index is 14.2. The Morgan fingerprint density at radius 1 is 1.18 bits per heavy atom. The zero-order chi connectivity index (χ0) is 43.7. The van der Waals surface area contributed by atoms with Crippen LogP contribution in [0.2, 0.25) is 0 Å². The molecule has 3 aromatic heterocycles. The van der Waals surface area contributed by atoms with Crippen LogP contribution in [0.25, 0.3) is 33.4 Å². The van der Waals surface area contributed by atoms with Crippen LogP contribution < -0.4 is 15.6 Å². The predicted octanol–water partition coefficient (Wildman–Crippen LogP) is 5.71. The summed E-state index contributed by atoms with van der Waals surface area (Å²) >= 11 is 1.45. The van der Waals surface area contributed by atoms with E-state index >= 15 is 0 Å². The van der Waals surface area contributed by atoms with Gasteiger partial charge in [-0.3, -0.25) is 19.6 Å². The molecule has 14 nitrogen and oxygen atoms in total. The Labute approximate surface area is 368 Å². The first kappa shape index (κ1) is 42.9. The molecule has 8 bridgehead atoms. The molecule has 6 aliphatic rings. The largest absolute Gasteiger partial charge is 0.462 e. The standard InChI is InChI=1S/C47H62N8O6S/c1-8-54-39-13-11-30-17-34(39)36(42(54)35-18-32(21-48-41(35)28(3)60-7)53-23-29-10-12-31(24-53)52(6)22-29)20-46(4,5)26-61-45(58)47(59)14-9-15-55(51-47)44(57)37(19-40-49-38(30)25-62-40)50-43(56)33-16-27(33)2/h11,13,17-18,21,25,27-29,31,33,37,51,59H,8-10,12,14-16,19-20,22-24,26H2,1-7H3,(H,50,56)/t27-,28-,29?,31?,33-,37-,47-/m0/s1. The molecule has 332 valence electrons. The van der Waals surface area contributed by atoms with Gasteiger partial charge < -0.3 is 34.3 Å². The lowest BCUT2D eigenvalue weighted by Crippen LogP contribution is -2.67. The number of aryl methyl sites for hydroxylation is 1. The highest BCUT2D eigenvalue weighted by molar-refractivity contribution is 7.10. The third kappa shape index (κ3) is 8.15. The number of carbonyl (C=O) groups is 3. The fourth-order valence-corrected chi connectivity index (χ4v) is 11.2. The molecule has 0 radical (unpaired) electrons. The molecule has 8 heterocycles. The Bertz CT molecular complexity index is 2380.